The van der Waals surface area contributed by atoms with Gasteiger partial charge in [-0.2, -0.15) is 0 Å². The number of hydrogen-bond acceptors (Lipinski definition) is 6. The molecule has 0 atom stereocenters. The van der Waals surface area contributed by atoms with Crippen molar-refractivity contribution in [1.82, 2.24) is 20.0 Å². The largest absolute Gasteiger partial charge is 0.374 e. The van der Waals surface area contributed by atoms with Gasteiger partial charge in [0.1, 0.15) is 0 Å². The van der Waals surface area contributed by atoms with Crippen LogP contribution >= 0.6 is 23.1 Å². The van der Waals surface area contributed by atoms with Crippen molar-refractivity contribution in [2.75, 3.05) is 5.73 Å². The van der Waals surface area contributed by atoms with Crippen LogP contribution in [-0.4, -0.2) is 20.0 Å². The van der Waals surface area contributed by atoms with Gasteiger partial charge in [0.15, 0.2) is 4.34 Å². The Bertz CT molecular complexity index is 820. The van der Waals surface area contributed by atoms with Crippen LogP contribution in [0.4, 0.5) is 5.13 Å². The molecule has 1 aromatic carbocycles. The zero-order chi connectivity index (χ0) is 14.8. The predicted molar refractivity (Wildman–Crippen MR) is 85.0 cm³/mol. The van der Waals surface area contributed by atoms with Gasteiger partial charge in [-0.15, -0.1) is 10.2 Å². The van der Waals surface area contributed by atoms with Crippen LogP contribution in [0.2, 0.25) is 0 Å². The van der Waals surface area contributed by atoms with E-state index in [1.165, 1.54) is 23.1 Å². The van der Waals surface area contributed by atoms with Gasteiger partial charge in [-0.1, -0.05) is 41.3 Å². The topological polar surface area (TPSA) is 89.6 Å². The molecule has 3 rings (SSSR count). The molecule has 0 spiro atoms. The van der Waals surface area contributed by atoms with E-state index in [-0.39, 0.29) is 5.56 Å². The third kappa shape index (κ3) is 3.01. The van der Waals surface area contributed by atoms with Crippen LogP contribution in [-0.2, 0) is 5.75 Å². The van der Waals surface area contributed by atoms with Gasteiger partial charge in [-0.05, 0) is 18.6 Å². The molecule has 3 N–H and O–H groups in total. The molecule has 0 radical (unpaired) electrons. The van der Waals surface area contributed by atoms with Crippen molar-refractivity contribution in [3.8, 4) is 5.69 Å². The molecule has 0 fully saturated rings. The number of para-hydroxylation sites is 1. The number of anilines is 1. The molecule has 0 aliphatic rings. The normalized spacial score (nSPS) is 10.9. The molecule has 6 nitrogen and oxygen atoms in total. The summed E-state index contributed by atoms with van der Waals surface area (Å²) in [6.45, 7) is 1.97. The number of nitrogens with two attached hydrogens (primary N) is 1. The van der Waals surface area contributed by atoms with Crippen LogP contribution in [0.3, 0.4) is 0 Å². The van der Waals surface area contributed by atoms with Crippen LogP contribution in [0.1, 0.15) is 11.3 Å². The standard InChI is InChI=1S/C13H13N5OS2/c1-8-4-2-3-5-10(8)18-11(19)6-9(17-18)7-20-13-16-15-12(14)21-13/h2-6,17H,7H2,1H3,(H2,14,15). The highest BCUT2D eigenvalue weighted by Gasteiger charge is 2.09. The highest BCUT2D eigenvalue weighted by atomic mass is 32.2. The van der Waals surface area contributed by atoms with E-state index in [9.17, 15) is 4.79 Å². The maximum Gasteiger partial charge on any atom is 0.271 e. The Hall–Kier alpha value is -2.06. The number of H-pyrrole nitrogens is 1. The number of nitrogens with zero attached hydrogens (tertiary/aromatic N) is 3. The smallest absolute Gasteiger partial charge is 0.271 e. The van der Waals surface area contributed by atoms with Crippen LogP contribution in [0.5, 0.6) is 0 Å². The second-order valence-electron chi connectivity index (χ2n) is 4.44. The number of thioether (sulfide) groups is 1. The number of nitrogens with one attached hydrogen (secondary N) is 1. The summed E-state index contributed by atoms with van der Waals surface area (Å²) in [5.41, 5.74) is 8.20. The summed E-state index contributed by atoms with van der Waals surface area (Å²) in [4.78, 5) is 12.1. The van der Waals surface area contributed by atoms with E-state index < -0.39 is 0 Å². The van der Waals surface area contributed by atoms with E-state index in [0.717, 1.165) is 21.3 Å². The van der Waals surface area contributed by atoms with Gasteiger partial charge in [-0.25, -0.2) is 4.68 Å². The first-order valence-corrected chi connectivity index (χ1v) is 8.02. The minimum Gasteiger partial charge on any atom is -0.374 e. The van der Waals surface area contributed by atoms with Gasteiger partial charge in [-0.3, -0.25) is 9.89 Å². The SMILES string of the molecule is Cc1ccccc1-n1[nH]c(CSc2nnc(N)s2)cc1=O. The van der Waals surface area contributed by atoms with Crippen molar-refractivity contribution in [2.45, 2.75) is 17.0 Å². The zero-order valence-electron chi connectivity index (χ0n) is 11.2. The summed E-state index contributed by atoms with van der Waals surface area (Å²) in [6.07, 6.45) is 0. The van der Waals surface area contributed by atoms with Crippen molar-refractivity contribution >= 4 is 28.2 Å². The minimum absolute atomic E-state index is 0.0725. The summed E-state index contributed by atoms with van der Waals surface area (Å²) in [5.74, 6) is 0.614. The van der Waals surface area contributed by atoms with Gasteiger partial charge >= 0.3 is 0 Å². The molecule has 108 valence electrons. The second kappa shape index (κ2) is 5.74. The van der Waals surface area contributed by atoms with Gasteiger partial charge < -0.3 is 5.73 Å². The fourth-order valence-corrected chi connectivity index (χ4v) is 3.47. The van der Waals surface area contributed by atoms with Crippen molar-refractivity contribution in [1.29, 1.82) is 0 Å². The lowest BCUT2D eigenvalue weighted by atomic mass is 10.2. The number of aromatic amines is 1. The number of aromatic nitrogens is 4. The summed E-state index contributed by atoms with van der Waals surface area (Å²) in [5, 5.41) is 11.3. The zero-order valence-corrected chi connectivity index (χ0v) is 12.9. The van der Waals surface area contributed by atoms with E-state index >= 15 is 0 Å². The monoisotopic (exact) mass is 319 g/mol. The van der Waals surface area contributed by atoms with E-state index in [2.05, 4.69) is 15.3 Å². The Morgan fingerprint density at radius 1 is 1.38 bits per heavy atom. The highest BCUT2D eigenvalue weighted by molar-refractivity contribution is 8.00. The molecule has 0 saturated heterocycles. The molecule has 0 amide bonds. The Morgan fingerprint density at radius 3 is 2.90 bits per heavy atom. The first-order chi connectivity index (χ1) is 10.1. The predicted octanol–water partition coefficient (Wildman–Crippen LogP) is 2.20. The number of aryl methyl sites for hydroxylation is 1. The molecule has 2 aromatic heterocycles. The van der Waals surface area contributed by atoms with E-state index in [0.29, 0.717) is 10.9 Å². The first kappa shape index (κ1) is 13.9. The summed E-state index contributed by atoms with van der Waals surface area (Å²) >= 11 is 2.83. The van der Waals surface area contributed by atoms with Crippen molar-refractivity contribution < 1.29 is 0 Å². The molecule has 0 unspecified atom stereocenters. The van der Waals surface area contributed by atoms with E-state index in [4.69, 9.17) is 5.73 Å². The van der Waals surface area contributed by atoms with E-state index in [1.54, 1.807) is 10.7 Å². The molecule has 21 heavy (non-hydrogen) atoms. The second-order valence-corrected chi connectivity index (χ2v) is 6.67. The molecule has 0 aliphatic heterocycles. The van der Waals surface area contributed by atoms with Crippen LogP contribution in [0, 0.1) is 6.92 Å². The van der Waals surface area contributed by atoms with Crippen molar-refractivity contribution in [2.24, 2.45) is 0 Å². The van der Waals surface area contributed by atoms with Crippen LogP contribution in [0.25, 0.3) is 5.69 Å². The number of nitrogen functional groups attached to an aromatic ring is 1. The Labute approximate surface area is 129 Å². The average molecular weight is 319 g/mol. The van der Waals surface area contributed by atoms with Gasteiger partial charge in [0.05, 0.1) is 5.69 Å². The summed E-state index contributed by atoms with van der Waals surface area (Å²) in [7, 11) is 0. The first-order valence-electron chi connectivity index (χ1n) is 6.22. The molecule has 3 aromatic rings. The lowest BCUT2D eigenvalue weighted by Gasteiger charge is -2.05. The molecular formula is C13H13N5OS2. The third-order valence-electron chi connectivity index (χ3n) is 2.90. The van der Waals surface area contributed by atoms with E-state index in [1.807, 2.05) is 31.2 Å². The maximum absolute atomic E-state index is 12.1. The Balaban J connectivity index is 1.82. The lowest BCUT2D eigenvalue weighted by Crippen LogP contribution is -2.14. The van der Waals surface area contributed by atoms with Crippen LogP contribution < -0.4 is 11.3 Å². The fourth-order valence-electron chi connectivity index (χ4n) is 1.93. The average Bonchev–Trinajstić information content (AvgIpc) is 3.03. The number of benzene rings is 1. The lowest BCUT2D eigenvalue weighted by molar-refractivity contribution is 0.826. The summed E-state index contributed by atoms with van der Waals surface area (Å²) in [6, 6.07) is 9.35. The third-order valence-corrected chi connectivity index (χ3v) is 4.84. The molecule has 0 aliphatic carbocycles. The molecule has 2 heterocycles. The quantitative estimate of drug-likeness (QED) is 0.720. The fraction of sp³-hybridized carbons (Fsp3) is 0.154. The number of hydrogen-bond donors (Lipinski definition) is 2. The molecule has 8 heteroatoms. The van der Waals surface area contributed by atoms with Gasteiger partial charge in [0.25, 0.3) is 5.56 Å². The highest BCUT2D eigenvalue weighted by Crippen LogP contribution is 2.26. The molecule has 0 bridgehead atoms. The molecular weight excluding hydrogens is 306 g/mol. The maximum atomic E-state index is 12.1. The number of rotatable bonds is 4. The van der Waals surface area contributed by atoms with Gasteiger partial charge in [0, 0.05) is 17.5 Å². The van der Waals surface area contributed by atoms with Gasteiger partial charge in [0.2, 0.25) is 5.13 Å². The Morgan fingerprint density at radius 2 is 2.19 bits per heavy atom. The van der Waals surface area contributed by atoms with Crippen LogP contribution in [0.15, 0.2) is 39.5 Å². The Kier molecular flexibility index (Phi) is 3.80. The van der Waals surface area contributed by atoms with Crippen molar-refractivity contribution in [3.05, 3.63) is 51.9 Å². The summed E-state index contributed by atoms with van der Waals surface area (Å²) < 4.78 is 2.34. The van der Waals surface area contributed by atoms with Crippen molar-refractivity contribution in [3.63, 3.8) is 0 Å². The molecule has 0 saturated carbocycles. The minimum atomic E-state index is -0.0725.